The van der Waals surface area contributed by atoms with Gasteiger partial charge in [-0.2, -0.15) is 5.06 Å². The monoisotopic (exact) mass is 263 g/mol. The van der Waals surface area contributed by atoms with Crippen molar-refractivity contribution in [2.75, 3.05) is 14.2 Å². The van der Waals surface area contributed by atoms with Crippen LogP contribution in [0.25, 0.3) is 0 Å². The highest BCUT2D eigenvalue weighted by Gasteiger charge is 2.11. The molecule has 1 aromatic rings. The van der Waals surface area contributed by atoms with E-state index in [0.29, 0.717) is 15.8 Å². The molecule has 0 atom stereocenters. The van der Waals surface area contributed by atoms with Gasteiger partial charge in [-0.3, -0.25) is 0 Å². The molecule has 0 aliphatic carbocycles. The lowest BCUT2D eigenvalue weighted by molar-refractivity contribution is -0.0736. The van der Waals surface area contributed by atoms with Crippen molar-refractivity contribution in [3.8, 4) is 5.75 Å². The fourth-order valence-corrected chi connectivity index (χ4v) is 1.84. The Morgan fingerprint density at radius 2 is 2.21 bits per heavy atom. The summed E-state index contributed by atoms with van der Waals surface area (Å²) in [5.74, 6) is 0.168. The summed E-state index contributed by atoms with van der Waals surface area (Å²) in [5.41, 5.74) is 0.587. The second kappa shape index (κ2) is 4.72. The van der Waals surface area contributed by atoms with Crippen molar-refractivity contribution in [1.82, 2.24) is 5.06 Å². The SMILES string of the molecule is COc1c(Br)cc(F)cc1CN(C)O. The number of methoxy groups -OCH3 is 1. The van der Waals surface area contributed by atoms with Gasteiger partial charge < -0.3 is 9.94 Å². The molecule has 1 aromatic carbocycles. The van der Waals surface area contributed by atoms with E-state index >= 15 is 0 Å². The number of benzene rings is 1. The number of nitrogens with zero attached hydrogens (tertiary/aromatic N) is 1. The average molecular weight is 264 g/mol. The molecule has 0 aromatic heterocycles. The molecule has 0 amide bonds. The highest BCUT2D eigenvalue weighted by Crippen LogP contribution is 2.30. The molecule has 0 spiro atoms. The summed E-state index contributed by atoms with van der Waals surface area (Å²) in [7, 11) is 2.98. The van der Waals surface area contributed by atoms with E-state index in [-0.39, 0.29) is 12.4 Å². The molecule has 0 aliphatic heterocycles. The minimum absolute atomic E-state index is 0.208. The van der Waals surface area contributed by atoms with Gasteiger partial charge in [-0.05, 0) is 28.1 Å². The lowest BCUT2D eigenvalue weighted by Crippen LogP contribution is -2.12. The molecule has 78 valence electrons. The molecule has 3 nitrogen and oxygen atoms in total. The van der Waals surface area contributed by atoms with Gasteiger partial charge >= 0.3 is 0 Å². The molecule has 0 heterocycles. The minimum atomic E-state index is -0.366. The van der Waals surface area contributed by atoms with Gasteiger partial charge in [0.1, 0.15) is 11.6 Å². The maximum absolute atomic E-state index is 13.0. The Kier molecular flexibility index (Phi) is 3.86. The van der Waals surface area contributed by atoms with Crippen LogP contribution in [0.4, 0.5) is 4.39 Å². The predicted molar refractivity (Wildman–Crippen MR) is 53.9 cm³/mol. The maximum atomic E-state index is 13.0. The topological polar surface area (TPSA) is 32.7 Å². The van der Waals surface area contributed by atoms with Crippen LogP contribution in [-0.4, -0.2) is 24.4 Å². The van der Waals surface area contributed by atoms with E-state index in [1.807, 2.05) is 0 Å². The number of hydroxylamine groups is 2. The third kappa shape index (κ3) is 2.67. The molecule has 1 N–H and O–H groups in total. The van der Waals surface area contributed by atoms with Crippen molar-refractivity contribution >= 4 is 15.9 Å². The quantitative estimate of drug-likeness (QED) is 0.851. The van der Waals surface area contributed by atoms with Crippen LogP contribution in [-0.2, 0) is 6.54 Å². The van der Waals surface area contributed by atoms with E-state index in [4.69, 9.17) is 9.94 Å². The predicted octanol–water partition coefficient (Wildman–Crippen LogP) is 2.42. The molecule has 14 heavy (non-hydrogen) atoms. The molecule has 5 heteroatoms. The summed E-state index contributed by atoms with van der Waals surface area (Å²) in [5, 5.41) is 10.0. The molecular formula is C9H11BrFNO2. The van der Waals surface area contributed by atoms with Crippen molar-refractivity contribution in [3.63, 3.8) is 0 Å². The standard InChI is InChI=1S/C9H11BrFNO2/c1-12(13)5-6-3-7(11)4-8(10)9(6)14-2/h3-4,13H,5H2,1-2H3. The zero-order chi connectivity index (χ0) is 10.7. The Hall–Kier alpha value is -0.650. The lowest BCUT2D eigenvalue weighted by atomic mass is 10.2. The highest BCUT2D eigenvalue weighted by atomic mass is 79.9. The summed E-state index contributed by atoms with van der Waals surface area (Å²) >= 11 is 3.18. The van der Waals surface area contributed by atoms with Crippen molar-refractivity contribution in [3.05, 3.63) is 28.0 Å². The fourth-order valence-electron chi connectivity index (χ4n) is 1.21. The van der Waals surface area contributed by atoms with Crippen LogP contribution < -0.4 is 4.74 Å². The summed E-state index contributed by atoms with van der Waals surface area (Å²) in [6.45, 7) is 0.208. The van der Waals surface area contributed by atoms with E-state index in [1.165, 1.54) is 26.3 Å². The van der Waals surface area contributed by atoms with Crippen LogP contribution in [0.5, 0.6) is 5.75 Å². The van der Waals surface area contributed by atoms with Crippen LogP contribution in [0, 0.1) is 5.82 Å². The molecule has 0 saturated carbocycles. The maximum Gasteiger partial charge on any atom is 0.137 e. The van der Waals surface area contributed by atoms with Gasteiger partial charge in [-0.25, -0.2) is 4.39 Å². The van der Waals surface area contributed by atoms with Crippen LogP contribution in [0.2, 0.25) is 0 Å². The van der Waals surface area contributed by atoms with Gasteiger partial charge in [0.05, 0.1) is 18.1 Å². The summed E-state index contributed by atoms with van der Waals surface area (Å²) in [4.78, 5) is 0. The number of halogens is 2. The lowest BCUT2D eigenvalue weighted by Gasteiger charge is -2.13. The normalized spacial score (nSPS) is 10.7. The molecule has 0 bridgehead atoms. The van der Waals surface area contributed by atoms with Gasteiger partial charge in [0.15, 0.2) is 0 Å². The first kappa shape index (κ1) is 11.4. The number of ether oxygens (including phenoxy) is 1. The Balaban J connectivity index is 3.11. The van der Waals surface area contributed by atoms with Crippen molar-refractivity contribution in [2.24, 2.45) is 0 Å². The first-order chi connectivity index (χ1) is 6.54. The summed E-state index contributed by atoms with van der Waals surface area (Å²) in [6, 6.07) is 2.65. The fraction of sp³-hybridized carbons (Fsp3) is 0.333. The van der Waals surface area contributed by atoms with Gasteiger partial charge in [0.2, 0.25) is 0 Å². The second-order valence-corrected chi connectivity index (χ2v) is 3.75. The highest BCUT2D eigenvalue weighted by molar-refractivity contribution is 9.10. The molecule has 0 aliphatic rings. The molecule has 0 fully saturated rings. The van der Waals surface area contributed by atoms with Crippen LogP contribution in [0.1, 0.15) is 5.56 Å². The van der Waals surface area contributed by atoms with Gasteiger partial charge in [0, 0.05) is 12.6 Å². The van der Waals surface area contributed by atoms with E-state index in [0.717, 1.165) is 5.06 Å². The molecule has 0 radical (unpaired) electrons. The van der Waals surface area contributed by atoms with Crippen LogP contribution in [0.15, 0.2) is 16.6 Å². The third-order valence-electron chi connectivity index (χ3n) is 1.69. The first-order valence-electron chi connectivity index (χ1n) is 3.96. The van der Waals surface area contributed by atoms with Gasteiger partial charge in [-0.1, -0.05) is 0 Å². The molecular weight excluding hydrogens is 253 g/mol. The zero-order valence-electron chi connectivity index (χ0n) is 7.92. The Morgan fingerprint density at radius 3 is 2.71 bits per heavy atom. The minimum Gasteiger partial charge on any atom is -0.495 e. The third-order valence-corrected chi connectivity index (χ3v) is 2.28. The van der Waals surface area contributed by atoms with Gasteiger partial charge in [-0.15, -0.1) is 0 Å². The summed E-state index contributed by atoms with van der Waals surface area (Å²) in [6.07, 6.45) is 0. The Labute approximate surface area is 90.2 Å². The number of hydrogen-bond acceptors (Lipinski definition) is 3. The van der Waals surface area contributed by atoms with Crippen molar-refractivity contribution in [2.45, 2.75) is 6.54 Å². The smallest absolute Gasteiger partial charge is 0.137 e. The largest absolute Gasteiger partial charge is 0.495 e. The number of hydrogen-bond donors (Lipinski definition) is 1. The first-order valence-corrected chi connectivity index (χ1v) is 4.76. The number of rotatable bonds is 3. The van der Waals surface area contributed by atoms with E-state index in [1.54, 1.807) is 0 Å². The Bertz CT molecular complexity index is 331. The van der Waals surface area contributed by atoms with Crippen LogP contribution >= 0.6 is 15.9 Å². The zero-order valence-corrected chi connectivity index (χ0v) is 9.51. The van der Waals surface area contributed by atoms with Crippen molar-refractivity contribution in [1.29, 1.82) is 0 Å². The summed E-state index contributed by atoms with van der Waals surface area (Å²) < 4.78 is 18.6. The molecule has 1 rings (SSSR count). The van der Waals surface area contributed by atoms with E-state index < -0.39 is 0 Å². The Morgan fingerprint density at radius 1 is 1.57 bits per heavy atom. The average Bonchev–Trinajstić information content (AvgIpc) is 2.01. The van der Waals surface area contributed by atoms with Gasteiger partial charge in [0.25, 0.3) is 0 Å². The molecule has 0 unspecified atom stereocenters. The molecule has 0 saturated heterocycles. The van der Waals surface area contributed by atoms with Crippen LogP contribution in [0.3, 0.4) is 0 Å². The van der Waals surface area contributed by atoms with Crippen molar-refractivity contribution < 1.29 is 14.3 Å². The van der Waals surface area contributed by atoms with E-state index in [2.05, 4.69) is 15.9 Å². The second-order valence-electron chi connectivity index (χ2n) is 2.90. The van der Waals surface area contributed by atoms with E-state index in [9.17, 15) is 4.39 Å².